The van der Waals surface area contributed by atoms with E-state index >= 15 is 0 Å². The fourth-order valence-corrected chi connectivity index (χ4v) is 4.32. The van der Waals surface area contributed by atoms with Crippen molar-refractivity contribution in [3.05, 3.63) is 101 Å². The summed E-state index contributed by atoms with van der Waals surface area (Å²) in [5, 5.41) is 5.37. The highest BCUT2D eigenvalue weighted by Gasteiger charge is 2.15. The third-order valence-corrected chi connectivity index (χ3v) is 6.01. The summed E-state index contributed by atoms with van der Waals surface area (Å²) in [6.07, 6.45) is 0. The van der Waals surface area contributed by atoms with Crippen LogP contribution >= 0.6 is 11.8 Å². The quantitative estimate of drug-likeness (QED) is 0.262. The molecule has 0 spiro atoms. The first-order valence-electron chi connectivity index (χ1n) is 10.0. The summed E-state index contributed by atoms with van der Waals surface area (Å²) in [6, 6.07) is 26.5. The van der Waals surface area contributed by atoms with Crippen LogP contribution in [-0.4, -0.2) is 21.8 Å². The number of nitrogens with zero attached hydrogens (tertiary/aromatic N) is 3. The van der Waals surface area contributed by atoms with Crippen molar-refractivity contribution < 1.29 is 9.26 Å². The molecule has 7 heteroatoms. The predicted octanol–water partition coefficient (Wildman–Crippen LogP) is 5.34. The summed E-state index contributed by atoms with van der Waals surface area (Å²) in [6.45, 7) is 0. The molecule has 0 aliphatic heterocycles. The SMILES string of the molecule is COc1ccc(-c2cc(CSc3nc4ccccc4c(=O)n3-c3ccccc3)on2)cc1. The molecule has 2 heterocycles. The molecule has 0 N–H and O–H groups in total. The molecule has 0 fully saturated rings. The summed E-state index contributed by atoms with van der Waals surface area (Å²) in [7, 11) is 1.64. The molecule has 0 aliphatic carbocycles. The van der Waals surface area contributed by atoms with E-state index in [0.717, 1.165) is 22.7 Å². The zero-order chi connectivity index (χ0) is 21.9. The van der Waals surface area contributed by atoms with Gasteiger partial charge in [-0.1, -0.05) is 47.3 Å². The second-order valence-electron chi connectivity index (χ2n) is 7.08. The third kappa shape index (κ3) is 3.90. The largest absolute Gasteiger partial charge is 0.497 e. The molecule has 0 saturated carbocycles. The van der Waals surface area contributed by atoms with Gasteiger partial charge in [0.1, 0.15) is 17.2 Å². The number of thioether (sulfide) groups is 1. The Morgan fingerprint density at radius 1 is 0.969 bits per heavy atom. The zero-order valence-electron chi connectivity index (χ0n) is 17.3. The third-order valence-electron chi connectivity index (χ3n) is 5.05. The number of fused-ring (bicyclic) bond motifs is 1. The highest BCUT2D eigenvalue weighted by atomic mass is 32.2. The molecule has 32 heavy (non-hydrogen) atoms. The summed E-state index contributed by atoms with van der Waals surface area (Å²) in [4.78, 5) is 18.0. The molecule has 6 nitrogen and oxygen atoms in total. The molecular weight excluding hydrogens is 422 g/mol. The Morgan fingerprint density at radius 3 is 2.50 bits per heavy atom. The van der Waals surface area contributed by atoms with Crippen LogP contribution < -0.4 is 10.3 Å². The van der Waals surface area contributed by atoms with Crippen molar-refractivity contribution in [1.82, 2.24) is 14.7 Å². The van der Waals surface area contributed by atoms with E-state index in [1.807, 2.05) is 78.9 Å². The van der Waals surface area contributed by atoms with Gasteiger partial charge in [0.05, 0.1) is 29.5 Å². The molecule has 0 radical (unpaired) electrons. The van der Waals surface area contributed by atoms with E-state index in [2.05, 4.69) is 5.16 Å². The molecule has 0 bridgehead atoms. The molecule has 0 amide bonds. The van der Waals surface area contributed by atoms with Gasteiger partial charge in [0, 0.05) is 11.6 Å². The van der Waals surface area contributed by atoms with E-state index in [1.54, 1.807) is 17.7 Å². The lowest BCUT2D eigenvalue weighted by Gasteiger charge is -2.12. The molecule has 3 aromatic carbocycles. The Kier molecular flexibility index (Phi) is 5.47. The number of rotatable bonds is 6. The Labute approximate surface area is 188 Å². The predicted molar refractivity (Wildman–Crippen MR) is 125 cm³/mol. The van der Waals surface area contributed by atoms with Gasteiger partial charge in [-0.25, -0.2) is 4.98 Å². The number of ether oxygens (including phenoxy) is 1. The van der Waals surface area contributed by atoms with Crippen molar-refractivity contribution in [1.29, 1.82) is 0 Å². The monoisotopic (exact) mass is 441 g/mol. The molecular formula is C25H19N3O3S. The Balaban J connectivity index is 1.47. The summed E-state index contributed by atoms with van der Waals surface area (Å²) in [5.74, 6) is 1.97. The smallest absolute Gasteiger partial charge is 0.266 e. The number of aromatic nitrogens is 3. The van der Waals surface area contributed by atoms with Gasteiger partial charge in [-0.3, -0.25) is 9.36 Å². The van der Waals surface area contributed by atoms with E-state index in [1.165, 1.54) is 11.8 Å². The Bertz CT molecular complexity index is 1430. The highest BCUT2D eigenvalue weighted by Crippen LogP contribution is 2.27. The number of benzene rings is 3. The van der Waals surface area contributed by atoms with Crippen LogP contribution in [-0.2, 0) is 5.75 Å². The minimum atomic E-state index is -0.0965. The lowest BCUT2D eigenvalue weighted by Crippen LogP contribution is -2.21. The standard InChI is InChI=1S/C25H19N3O3S/c1-30-19-13-11-17(12-14-19)23-15-20(31-27-23)16-32-25-26-22-10-6-5-9-21(22)24(29)28(25)18-7-3-2-4-8-18/h2-15H,16H2,1H3. The van der Waals surface area contributed by atoms with E-state index in [9.17, 15) is 4.79 Å². The normalized spacial score (nSPS) is 11.0. The Morgan fingerprint density at radius 2 is 1.72 bits per heavy atom. The average molecular weight is 442 g/mol. The minimum absolute atomic E-state index is 0.0965. The highest BCUT2D eigenvalue weighted by molar-refractivity contribution is 7.98. The molecule has 5 rings (SSSR count). The second-order valence-corrected chi connectivity index (χ2v) is 8.03. The number of methoxy groups -OCH3 is 1. The van der Waals surface area contributed by atoms with Crippen LogP contribution in [0.3, 0.4) is 0 Å². The summed E-state index contributed by atoms with van der Waals surface area (Å²) in [5.41, 5.74) is 3.03. The molecule has 158 valence electrons. The molecule has 0 aliphatic rings. The van der Waals surface area contributed by atoms with Crippen molar-refractivity contribution in [2.75, 3.05) is 7.11 Å². The van der Waals surface area contributed by atoms with E-state index in [4.69, 9.17) is 14.2 Å². The molecule has 0 unspecified atom stereocenters. The topological polar surface area (TPSA) is 70.2 Å². The maximum atomic E-state index is 13.3. The number of para-hydroxylation sites is 2. The van der Waals surface area contributed by atoms with E-state index in [-0.39, 0.29) is 5.56 Å². The Hall–Kier alpha value is -3.84. The van der Waals surface area contributed by atoms with Crippen LogP contribution in [0.5, 0.6) is 5.75 Å². The fraction of sp³-hybridized carbons (Fsp3) is 0.0800. The molecule has 0 atom stereocenters. The average Bonchev–Trinajstić information content (AvgIpc) is 3.32. The number of hydrogen-bond acceptors (Lipinski definition) is 6. The van der Waals surface area contributed by atoms with Gasteiger partial charge < -0.3 is 9.26 Å². The van der Waals surface area contributed by atoms with Gasteiger partial charge in [0.25, 0.3) is 5.56 Å². The fourth-order valence-electron chi connectivity index (χ4n) is 3.43. The first kappa shape index (κ1) is 20.1. The zero-order valence-corrected chi connectivity index (χ0v) is 18.1. The van der Waals surface area contributed by atoms with Gasteiger partial charge in [-0.2, -0.15) is 0 Å². The van der Waals surface area contributed by atoms with Gasteiger partial charge >= 0.3 is 0 Å². The van der Waals surface area contributed by atoms with Crippen molar-refractivity contribution in [3.63, 3.8) is 0 Å². The molecule has 5 aromatic rings. The molecule has 0 saturated heterocycles. The van der Waals surface area contributed by atoms with Crippen molar-refractivity contribution >= 4 is 22.7 Å². The minimum Gasteiger partial charge on any atom is -0.497 e. The van der Waals surface area contributed by atoms with Gasteiger partial charge in [0.2, 0.25) is 0 Å². The van der Waals surface area contributed by atoms with Crippen LogP contribution in [0.25, 0.3) is 27.8 Å². The van der Waals surface area contributed by atoms with Crippen molar-refractivity contribution in [3.8, 4) is 22.7 Å². The second kappa shape index (κ2) is 8.72. The lowest BCUT2D eigenvalue weighted by molar-refractivity contribution is 0.397. The number of hydrogen-bond donors (Lipinski definition) is 0. The van der Waals surface area contributed by atoms with Crippen LogP contribution in [0.1, 0.15) is 5.76 Å². The summed E-state index contributed by atoms with van der Waals surface area (Å²) < 4.78 is 12.4. The van der Waals surface area contributed by atoms with Crippen LogP contribution in [0.2, 0.25) is 0 Å². The van der Waals surface area contributed by atoms with Gasteiger partial charge in [-0.15, -0.1) is 0 Å². The summed E-state index contributed by atoms with van der Waals surface area (Å²) >= 11 is 1.44. The van der Waals surface area contributed by atoms with E-state index in [0.29, 0.717) is 27.6 Å². The maximum Gasteiger partial charge on any atom is 0.266 e. The van der Waals surface area contributed by atoms with Gasteiger partial charge in [0.15, 0.2) is 5.16 Å². The van der Waals surface area contributed by atoms with Crippen LogP contribution in [0.4, 0.5) is 0 Å². The van der Waals surface area contributed by atoms with Crippen LogP contribution in [0, 0.1) is 0 Å². The van der Waals surface area contributed by atoms with Gasteiger partial charge in [-0.05, 0) is 48.5 Å². The maximum absolute atomic E-state index is 13.3. The van der Waals surface area contributed by atoms with E-state index < -0.39 is 0 Å². The van der Waals surface area contributed by atoms with Crippen molar-refractivity contribution in [2.24, 2.45) is 0 Å². The molecule has 2 aromatic heterocycles. The van der Waals surface area contributed by atoms with Crippen LogP contribution in [0.15, 0.2) is 99.4 Å². The lowest BCUT2D eigenvalue weighted by atomic mass is 10.1. The first-order valence-corrected chi connectivity index (χ1v) is 11.0. The first-order chi connectivity index (χ1) is 15.7. The van der Waals surface area contributed by atoms with Crippen molar-refractivity contribution in [2.45, 2.75) is 10.9 Å².